The first-order valence-corrected chi connectivity index (χ1v) is 15.2. The molecule has 230 valence electrons. The first-order valence-electron chi connectivity index (χ1n) is 14.4. The number of aromatic nitrogens is 3. The highest BCUT2D eigenvalue weighted by molar-refractivity contribution is 6.34. The Bertz CT molecular complexity index is 1670. The first kappa shape index (κ1) is 31.3. The van der Waals surface area contributed by atoms with Gasteiger partial charge in [0.25, 0.3) is 11.8 Å². The number of rotatable bonds is 8. The molecule has 44 heavy (non-hydrogen) atoms. The number of amides is 3. The Hall–Kier alpha value is -4.15. The molecule has 1 saturated heterocycles. The number of benzene rings is 2. The molecule has 1 aliphatic rings. The highest BCUT2D eigenvalue weighted by Gasteiger charge is 2.31. The normalized spacial score (nSPS) is 15.7. The summed E-state index contributed by atoms with van der Waals surface area (Å²) in [6.07, 6.45) is 3.10. The van der Waals surface area contributed by atoms with Crippen LogP contribution in [0.4, 0.5) is 4.79 Å². The largest absolute Gasteiger partial charge is 0.444 e. The maximum absolute atomic E-state index is 13.5. The lowest BCUT2D eigenvalue weighted by molar-refractivity contribution is 0.0501. The molecular formula is C32H34Cl2N6O4. The molecule has 5 rings (SSSR count). The Morgan fingerprint density at radius 3 is 2.66 bits per heavy atom. The van der Waals surface area contributed by atoms with Crippen molar-refractivity contribution in [2.24, 2.45) is 0 Å². The molecule has 0 aliphatic carbocycles. The van der Waals surface area contributed by atoms with Crippen molar-refractivity contribution in [1.82, 2.24) is 30.5 Å². The summed E-state index contributed by atoms with van der Waals surface area (Å²) in [5.41, 5.74) is 2.21. The molecule has 12 heteroatoms. The number of halogens is 2. The number of alkyl carbamates (subject to hydrolysis) is 1. The van der Waals surface area contributed by atoms with Gasteiger partial charge in [-0.1, -0.05) is 29.3 Å². The third-order valence-corrected chi connectivity index (χ3v) is 7.77. The van der Waals surface area contributed by atoms with Gasteiger partial charge >= 0.3 is 6.09 Å². The number of ether oxygens (including phenoxy) is 1. The van der Waals surface area contributed by atoms with E-state index in [-0.39, 0.29) is 35.0 Å². The van der Waals surface area contributed by atoms with Gasteiger partial charge in [0, 0.05) is 48.0 Å². The summed E-state index contributed by atoms with van der Waals surface area (Å²) in [6.45, 7) is 6.18. The Balaban J connectivity index is 1.30. The lowest BCUT2D eigenvalue weighted by Gasteiger charge is -2.26. The maximum atomic E-state index is 13.5. The number of imidazole rings is 1. The molecule has 0 spiro atoms. The first-order chi connectivity index (χ1) is 21.0. The van der Waals surface area contributed by atoms with Crippen LogP contribution in [0.1, 0.15) is 71.9 Å². The zero-order valence-electron chi connectivity index (χ0n) is 24.7. The van der Waals surface area contributed by atoms with E-state index < -0.39 is 17.7 Å². The third-order valence-electron chi connectivity index (χ3n) is 7.22. The third kappa shape index (κ3) is 7.67. The average Bonchev–Trinajstić information content (AvgIpc) is 3.62. The summed E-state index contributed by atoms with van der Waals surface area (Å²) >= 11 is 12.7. The predicted molar refractivity (Wildman–Crippen MR) is 169 cm³/mol. The van der Waals surface area contributed by atoms with Gasteiger partial charge in [0.05, 0.1) is 27.7 Å². The molecule has 3 amide bonds. The van der Waals surface area contributed by atoms with Crippen molar-refractivity contribution in [2.45, 2.75) is 57.7 Å². The van der Waals surface area contributed by atoms with Crippen LogP contribution < -0.4 is 10.6 Å². The summed E-state index contributed by atoms with van der Waals surface area (Å²) in [5.74, 6) is -0.0884. The number of hydrogen-bond donors (Lipinski definition) is 3. The van der Waals surface area contributed by atoms with Crippen LogP contribution >= 0.6 is 23.2 Å². The van der Waals surface area contributed by atoms with Crippen molar-refractivity contribution in [3.05, 3.63) is 93.5 Å². The summed E-state index contributed by atoms with van der Waals surface area (Å²) in [4.78, 5) is 53.2. The number of carbonyl (C=O) groups is 3. The van der Waals surface area contributed by atoms with Gasteiger partial charge in [-0.2, -0.15) is 0 Å². The van der Waals surface area contributed by atoms with Gasteiger partial charge in [0.1, 0.15) is 11.4 Å². The number of H-pyrrole nitrogens is 1. The van der Waals surface area contributed by atoms with E-state index >= 15 is 0 Å². The van der Waals surface area contributed by atoms with Crippen LogP contribution in [0.3, 0.4) is 0 Å². The van der Waals surface area contributed by atoms with Gasteiger partial charge in [0.2, 0.25) is 0 Å². The molecule has 2 aromatic carbocycles. The van der Waals surface area contributed by atoms with Crippen LogP contribution in [0.25, 0.3) is 11.0 Å². The number of nitrogens with one attached hydrogen (secondary N) is 3. The smallest absolute Gasteiger partial charge is 0.407 e. The van der Waals surface area contributed by atoms with Gasteiger partial charge in [-0.05, 0) is 82.1 Å². The summed E-state index contributed by atoms with van der Waals surface area (Å²) in [6, 6.07) is 14.8. The van der Waals surface area contributed by atoms with Crippen molar-refractivity contribution in [3.8, 4) is 0 Å². The van der Waals surface area contributed by atoms with Gasteiger partial charge in [-0.25, -0.2) is 9.78 Å². The highest BCUT2D eigenvalue weighted by Crippen LogP contribution is 2.26. The van der Waals surface area contributed by atoms with Gasteiger partial charge < -0.3 is 25.3 Å². The Morgan fingerprint density at radius 2 is 1.93 bits per heavy atom. The van der Waals surface area contributed by atoms with Crippen LogP contribution in [0.2, 0.25) is 10.0 Å². The quantitative estimate of drug-likeness (QED) is 0.214. The molecule has 0 saturated carbocycles. The lowest BCUT2D eigenvalue weighted by Crippen LogP contribution is -2.44. The Labute approximate surface area is 265 Å². The number of hydrogen-bond acceptors (Lipinski definition) is 6. The fourth-order valence-corrected chi connectivity index (χ4v) is 5.59. The van der Waals surface area contributed by atoms with Crippen molar-refractivity contribution >= 4 is 52.1 Å². The number of nitrogens with zero attached hydrogens (tertiary/aromatic N) is 3. The number of pyridine rings is 1. The zero-order valence-corrected chi connectivity index (χ0v) is 26.2. The maximum Gasteiger partial charge on any atom is 0.407 e. The van der Waals surface area contributed by atoms with Crippen LogP contribution in [-0.4, -0.2) is 62.5 Å². The van der Waals surface area contributed by atoms with E-state index in [0.717, 1.165) is 24.1 Å². The monoisotopic (exact) mass is 636 g/mol. The zero-order chi connectivity index (χ0) is 31.4. The SMILES string of the molecule is CC(C)(C)OC(=O)NCC1CCCN1C(=O)c1ccc(C(=O)NC(Cc2ccccn2)c2nc3cc(Cl)ccc3[nH]2)cc1Cl. The van der Waals surface area contributed by atoms with E-state index in [4.69, 9.17) is 27.9 Å². The second-order valence-corrected chi connectivity index (χ2v) is 12.6. The molecule has 0 bridgehead atoms. The second-order valence-electron chi connectivity index (χ2n) is 11.7. The molecule has 3 N–H and O–H groups in total. The fourth-order valence-electron chi connectivity index (χ4n) is 5.16. The van der Waals surface area contributed by atoms with Crippen molar-refractivity contribution in [3.63, 3.8) is 0 Å². The van der Waals surface area contributed by atoms with E-state index in [9.17, 15) is 14.4 Å². The molecule has 1 fully saturated rings. The van der Waals surface area contributed by atoms with Crippen LogP contribution in [-0.2, 0) is 11.2 Å². The van der Waals surface area contributed by atoms with Gasteiger partial charge in [-0.15, -0.1) is 0 Å². The Kier molecular flexibility index (Phi) is 9.41. The molecule has 2 atom stereocenters. The molecule has 0 radical (unpaired) electrons. The molecule has 10 nitrogen and oxygen atoms in total. The van der Waals surface area contributed by atoms with Crippen molar-refractivity contribution < 1.29 is 19.1 Å². The molecule has 2 aromatic heterocycles. The van der Waals surface area contributed by atoms with E-state index in [2.05, 4.69) is 25.6 Å². The summed E-state index contributed by atoms with van der Waals surface area (Å²) in [7, 11) is 0. The van der Waals surface area contributed by atoms with E-state index in [1.54, 1.807) is 56.1 Å². The second kappa shape index (κ2) is 13.2. The number of carbonyl (C=O) groups excluding carboxylic acids is 3. The molecule has 3 heterocycles. The topological polar surface area (TPSA) is 129 Å². The number of aromatic amines is 1. The molecule has 4 aromatic rings. The van der Waals surface area contributed by atoms with Gasteiger partial charge in [-0.3, -0.25) is 14.6 Å². The summed E-state index contributed by atoms with van der Waals surface area (Å²) in [5, 5.41) is 6.52. The summed E-state index contributed by atoms with van der Waals surface area (Å²) < 4.78 is 5.31. The minimum absolute atomic E-state index is 0.160. The predicted octanol–water partition coefficient (Wildman–Crippen LogP) is 6.11. The van der Waals surface area contributed by atoms with Crippen molar-refractivity contribution in [1.29, 1.82) is 0 Å². The fraction of sp³-hybridized carbons (Fsp3) is 0.344. The lowest BCUT2D eigenvalue weighted by atomic mass is 10.1. The van der Waals surface area contributed by atoms with Crippen molar-refractivity contribution in [2.75, 3.05) is 13.1 Å². The van der Waals surface area contributed by atoms with Gasteiger partial charge in [0.15, 0.2) is 0 Å². The van der Waals surface area contributed by atoms with E-state index in [1.807, 2.05) is 24.3 Å². The highest BCUT2D eigenvalue weighted by atomic mass is 35.5. The van der Waals surface area contributed by atoms with Crippen LogP contribution in [0, 0.1) is 0 Å². The minimum atomic E-state index is -0.615. The van der Waals surface area contributed by atoms with E-state index in [1.165, 1.54) is 6.07 Å². The average molecular weight is 638 g/mol. The Morgan fingerprint density at radius 1 is 1.11 bits per heavy atom. The molecule has 2 unspecified atom stereocenters. The standard InChI is InChI=1S/C32H34Cl2N6O4/c1-32(2,3)44-31(43)36-18-22-8-6-14-40(22)30(42)23-11-9-19(15-24(23)34)29(41)39-27(17-21-7-4-5-13-35-21)28-37-25-12-10-20(33)16-26(25)38-28/h4-5,7,9-13,15-16,22,27H,6,8,14,17-18H2,1-3H3,(H,36,43)(H,37,38)(H,39,41). The molecule has 1 aliphatic heterocycles. The van der Waals surface area contributed by atoms with Crippen LogP contribution in [0.15, 0.2) is 60.8 Å². The minimum Gasteiger partial charge on any atom is -0.444 e. The number of fused-ring (bicyclic) bond motifs is 1. The molecular weight excluding hydrogens is 603 g/mol. The number of likely N-dealkylation sites (tertiary alicyclic amines) is 1. The van der Waals surface area contributed by atoms with Crippen LogP contribution in [0.5, 0.6) is 0 Å². The van der Waals surface area contributed by atoms with E-state index in [0.29, 0.717) is 34.9 Å².